The van der Waals surface area contributed by atoms with Crippen LogP contribution in [0.15, 0.2) is 18.3 Å². The molecular formula is C14H21FN2. The fourth-order valence-corrected chi connectivity index (χ4v) is 2.65. The van der Waals surface area contributed by atoms with Gasteiger partial charge < -0.3 is 5.73 Å². The van der Waals surface area contributed by atoms with Crippen LogP contribution in [0.3, 0.4) is 0 Å². The number of hydrogen-bond acceptors (Lipinski definition) is 2. The lowest BCUT2D eigenvalue weighted by atomic mass is 9.85. The van der Waals surface area contributed by atoms with Crippen LogP contribution in [0.2, 0.25) is 0 Å². The molecule has 2 N–H and O–H groups in total. The van der Waals surface area contributed by atoms with Crippen LogP contribution in [-0.2, 0) is 0 Å². The van der Waals surface area contributed by atoms with E-state index in [4.69, 9.17) is 5.73 Å². The smallest absolute Gasteiger partial charge is 0.141 e. The summed E-state index contributed by atoms with van der Waals surface area (Å²) in [6, 6.07) is 3.08. The lowest BCUT2D eigenvalue weighted by Crippen LogP contribution is -2.15. The minimum atomic E-state index is -0.298. The molecule has 1 atom stereocenters. The Balaban J connectivity index is 1.80. The Morgan fingerprint density at radius 2 is 2.06 bits per heavy atom. The van der Waals surface area contributed by atoms with Crippen molar-refractivity contribution in [3.8, 4) is 0 Å². The molecule has 1 saturated carbocycles. The molecule has 0 saturated heterocycles. The van der Waals surface area contributed by atoms with Crippen molar-refractivity contribution in [3.05, 3.63) is 29.8 Å². The van der Waals surface area contributed by atoms with Crippen LogP contribution in [0.25, 0.3) is 0 Å². The molecule has 94 valence electrons. The van der Waals surface area contributed by atoms with E-state index in [2.05, 4.69) is 4.98 Å². The quantitative estimate of drug-likeness (QED) is 0.867. The van der Waals surface area contributed by atoms with Gasteiger partial charge in [0.1, 0.15) is 5.82 Å². The summed E-state index contributed by atoms with van der Waals surface area (Å²) in [4.78, 5) is 4.04. The van der Waals surface area contributed by atoms with E-state index in [1.807, 2.05) is 0 Å². The number of aromatic nitrogens is 1. The third kappa shape index (κ3) is 3.77. The summed E-state index contributed by atoms with van der Waals surface area (Å²) in [6.07, 6.45) is 10.2. The maximum absolute atomic E-state index is 12.7. The van der Waals surface area contributed by atoms with E-state index >= 15 is 0 Å². The van der Waals surface area contributed by atoms with Crippen molar-refractivity contribution >= 4 is 0 Å². The molecule has 3 heteroatoms. The molecule has 1 aromatic rings. The van der Waals surface area contributed by atoms with E-state index in [0.29, 0.717) is 0 Å². The summed E-state index contributed by atoms with van der Waals surface area (Å²) in [5, 5.41) is 0. The van der Waals surface area contributed by atoms with Crippen LogP contribution in [0.5, 0.6) is 0 Å². The second-order valence-electron chi connectivity index (χ2n) is 5.09. The number of hydrogen-bond donors (Lipinski definition) is 1. The number of halogens is 1. The van der Waals surface area contributed by atoms with Crippen LogP contribution in [0.4, 0.5) is 4.39 Å². The summed E-state index contributed by atoms with van der Waals surface area (Å²) in [6.45, 7) is 0. The van der Waals surface area contributed by atoms with Gasteiger partial charge in [0.25, 0.3) is 0 Å². The van der Waals surface area contributed by atoms with Crippen LogP contribution in [0.1, 0.15) is 56.7 Å². The molecule has 1 aliphatic carbocycles. The van der Waals surface area contributed by atoms with Gasteiger partial charge in [-0.3, -0.25) is 4.98 Å². The highest BCUT2D eigenvalue weighted by Crippen LogP contribution is 2.29. The number of rotatable bonds is 4. The maximum atomic E-state index is 12.7. The first-order valence-electron chi connectivity index (χ1n) is 6.63. The average Bonchev–Trinajstić information content (AvgIpc) is 2.38. The van der Waals surface area contributed by atoms with Gasteiger partial charge in [-0.2, -0.15) is 0 Å². The van der Waals surface area contributed by atoms with Crippen molar-refractivity contribution in [2.75, 3.05) is 0 Å². The molecule has 0 spiro atoms. The Labute approximate surface area is 102 Å². The van der Waals surface area contributed by atoms with Crippen molar-refractivity contribution in [2.45, 2.75) is 51.0 Å². The van der Waals surface area contributed by atoms with Crippen LogP contribution in [0, 0.1) is 11.7 Å². The average molecular weight is 236 g/mol. The first kappa shape index (κ1) is 12.5. The number of nitrogens with two attached hydrogens (primary N) is 1. The second kappa shape index (κ2) is 6.10. The highest BCUT2D eigenvalue weighted by Gasteiger charge is 2.15. The molecule has 0 aromatic carbocycles. The molecule has 0 bridgehead atoms. The van der Waals surface area contributed by atoms with Crippen molar-refractivity contribution in [3.63, 3.8) is 0 Å². The molecule has 2 rings (SSSR count). The maximum Gasteiger partial charge on any atom is 0.141 e. The Kier molecular flexibility index (Phi) is 4.49. The molecule has 1 unspecified atom stereocenters. The summed E-state index contributed by atoms with van der Waals surface area (Å²) >= 11 is 0. The van der Waals surface area contributed by atoms with Crippen molar-refractivity contribution < 1.29 is 4.39 Å². The fourth-order valence-electron chi connectivity index (χ4n) is 2.65. The van der Waals surface area contributed by atoms with E-state index in [1.165, 1.54) is 50.8 Å². The zero-order valence-corrected chi connectivity index (χ0v) is 10.2. The van der Waals surface area contributed by atoms with E-state index in [-0.39, 0.29) is 11.9 Å². The predicted molar refractivity (Wildman–Crippen MR) is 66.9 cm³/mol. The highest BCUT2D eigenvalue weighted by atomic mass is 19.1. The Morgan fingerprint density at radius 1 is 1.29 bits per heavy atom. The third-order valence-corrected chi connectivity index (χ3v) is 3.74. The first-order valence-corrected chi connectivity index (χ1v) is 6.63. The van der Waals surface area contributed by atoms with Gasteiger partial charge in [-0.15, -0.1) is 0 Å². The van der Waals surface area contributed by atoms with Gasteiger partial charge in [-0.1, -0.05) is 32.1 Å². The minimum absolute atomic E-state index is 0.0440. The van der Waals surface area contributed by atoms with E-state index in [0.717, 1.165) is 18.0 Å². The molecule has 1 aliphatic rings. The molecule has 0 aliphatic heterocycles. The highest BCUT2D eigenvalue weighted by molar-refractivity contribution is 5.09. The van der Waals surface area contributed by atoms with Crippen molar-refractivity contribution in [1.82, 2.24) is 4.98 Å². The minimum Gasteiger partial charge on any atom is -0.323 e. The Bertz CT molecular complexity index is 331. The van der Waals surface area contributed by atoms with E-state index in [1.54, 1.807) is 6.07 Å². The van der Waals surface area contributed by atoms with Gasteiger partial charge in [-0.05, 0) is 30.9 Å². The third-order valence-electron chi connectivity index (χ3n) is 3.74. The molecule has 1 heterocycles. The van der Waals surface area contributed by atoms with Gasteiger partial charge >= 0.3 is 0 Å². The van der Waals surface area contributed by atoms with Crippen LogP contribution in [-0.4, -0.2) is 4.98 Å². The van der Waals surface area contributed by atoms with Gasteiger partial charge in [0.2, 0.25) is 0 Å². The van der Waals surface area contributed by atoms with Crippen LogP contribution < -0.4 is 5.73 Å². The number of pyridine rings is 1. The second-order valence-corrected chi connectivity index (χ2v) is 5.09. The summed E-state index contributed by atoms with van der Waals surface area (Å²) in [5.74, 6) is 0.545. The SMILES string of the molecule is NC(CCC1CCCCC1)c1ccc(F)cn1. The standard InChI is InChI=1S/C14H21FN2/c15-12-7-9-14(17-10-12)13(16)8-6-11-4-2-1-3-5-11/h7,9-11,13H,1-6,8,16H2. The van der Waals surface area contributed by atoms with Gasteiger partial charge in [0.15, 0.2) is 0 Å². The summed E-state index contributed by atoms with van der Waals surface area (Å²) in [5.41, 5.74) is 6.88. The normalized spacial score (nSPS) is 19.2. The lowest BCUT2D eigenvalue weighted by molar-refractivity contribution is 0.323. The Hall–Kier alpha value is -0.960. The molecule has 17 heavy (non-hydrogen) atoms. The van der Waals surface area contributed by atoms with Crippen LogP contribution >= 0.6 is 0 Å². The Morgan fingerprint density at radius 3 is 2.71 bits per heavy atom. The molecule has 0 amide bonds. The molecule has 1 fully saturated rings. The topological polar surface area (TPSA) is 38.9 Å². The lowest BCUT2D eigenvalue weighted by Gasteiger charge is -2.22. The summed E-state index contributed by atoms with van der Waals surface area (Å²) < 4.78 is 12.7. The predicted octanol–water partition coefficient (Wildman–Crippen LogP) is 3.58. The molecule has 2 nitrogen and oxygen atoms in total. The monoisotopic (exact) mass is 236 g/mol. The first-order chi connectivity index (χ1) is 8.25. The van der Waals surface area contributed by atoms with Crippen molar-refractivity contribution in [2.24, 2.45) is 11.7 Å². The number of nitrogens with zero attached hydrogens (tertiary/aromatic N) is 1. The zero-order chi connectivity index (χ0) is 12.1. The molecular weight excluding hydrogens is 215 g/mol. The zero-order valence-electron chi connectivity index (χ0n) is 10.2. The van der Waals surface area contributed by atoms with E-state index < -0.39 is 0 Å². The van der Waals surface area contributed by atoms with Gasteiger partial charge in [0, 0.05) is 6.04 Å². The molecule has 1 aromatic heterocycles. The largest absolute Gasteiger partial charge is 0.323 e. The molecule has 0 radical (unpaired) electrons. The van der Waals surface area contributed by atoms with Gasteiger partial charge in [-0.25, -0.2) is 4.39 Å². The fraction of sp³-hybridized carbons (Fsp3) is 0.643. The van der Waals surface area contributed by atoms with Crippen molar-refractivity contribution in [1.29, 1.82) is 0 Å². The summed E-state index contributed by atoms with van der Waals surface area (Å²) in [7, 11) is 0. The van der Waals surface area contributed by atoms with Gasteiger partial charge in [0.05, 0.1) is 11.9 Å². The van der Waals surface area contributed by atoms with E-state index in [9.17, 15) is 4.39 Å².